The van der Waals surface area contributed by atoms with E-state index in [0.717, 1.165) is 34.7 Å². The maximum absolute atomic E-state index is 14.4. The van der Waals surface area contributed by atoms with Crippen LogP contribution in [0.15, 0.2) is 53.6 Å². The number of anilines is 4. The van der Waals surface area contributed by atoms with Crippen molar-refractivity contribution in [1.29, 1.82) is 0 Å². The van der Waals surface area contributed by atoms with E-state index < -0.39 is 23.6 Å². The smallest absolute Gasteiger partial charge is 0.254 e. The van der Waals surface area contributed by atoms with Crippen molar-refractivity contribution in [2.24, 2.45) is 5.14 Å². The van der Waals surface area contributed by atoms with E-state index in [1.54, 1.807) is 7.05 Å². The molecule has 1 unspecified atom stereocenters. The summed E-state index contributed by atoms with van der Waals surface area (Å²) in [4.78, 5) is 25.3. The zero-order valence-corrected chi connectivity index (χ0v) is 17.0. The lowest BCUT2D eigenvalue weighted by atomic mass is 10.0. The first kappa shape index (κ1) is 20.0. The molecular weight excluding hydrogens is 410 g/mol. The molecule has 0 bridgehead atoms. The monoisotopic (exact) mass is 428 g/mol. The molecule has 3 N–H and O–H groups in total. The Hall–Kier alpha value is -3.24. The Bertz CT molecular complexity index is 1090. The van der Waals surface area contributed by atoms with Crippen molar-refractivity contribution >= 4 is 41.0 Å². The van der Waals surface area contributed by atoms with Crippen LogP contribution in [-0.2, 0) is 4.79 Å². The zero-order chi connectivity index (χ0) is 21.4. The summed E-state index contributed by atoms with van der Waals surface area (Å²) in [5.41, 5.74) is 0.869. The predicted octanol–water partition coefficient (Wildman–Crippen LogP) is 3.62. The van der Waals surface area contributed by atoms with Gasteiger partial charge in [0.25, 0.3) is 5.91 Å². The minimum atomic E-state index is -1.19. The minimum absolute atomic E-state index is 0.282. The molecule has 3 aromatic rings. The van der Waals surface area contributed by atoms with Crippen LogP contribution in [-0.4, -0.2) is 30.0 Å². The molecule has 1 aliphatic rings. The number of fused-ring (bicyclic) bond motifs is 1. The zero-order valence-electron chi connectivity index (χ0n) is 16.1. The average molecular weight is 428 g/mol. The summed E-state index contributed by atoms with van der Waals surface area (Å²) >= 11 is 1.14. The molecule has 4 rings (SSSR count). The van der Waals surface area contributed by atoms with Crippen molar-refractivity contribution in [3.63, 3.8) is 0 Å². The molecule has 0 radical (unpaired) electrons. The molecule has 1 aliphatic heterocycles. The first-order chi connectivity index (χ1) is 14.4. The fourth-order valence-corrected chi connectivity index (χ4v) is 3.64. The molecule has 0 saturated heterocycles. The van der Waals surface area contributed by atoms with Gasteiger partial charge in [0.2, 0.25) is 5.95 Å². The lowest BCUT2D eigenvalue weighted by molar-refractivity contribution is -0.120. The molecule has 10 heteroatoms. The Morgan fingerprint density at radius 1 is 1.10 bits per heavy atom. The van der Waals surface area contributed by atoms with Gasteiger partial charge in [0, 0.05) is 24.7 Å². The highest BCUT2D eigenvalue weighted by atomic mass is 32.2. The van der Waals surface area contributed by atoms with Crippen molar-refractivity contribution in [3.8, 4) is 0 Å². The molecule has 7 nitrogen and oxygen atoms in total. The van der Waals surface area contributed by atoms with Gasteiger partial charge in [-0.1, -0.05) is 6.07 Å². The lowest BCUT2D eigenvalue weighted by Gasteiger charge is -2.38. The number of carbonyl (C=O) groups is 1. The van der Waals surface area contributed by atoms with Crippen LogP contribution in [0.3, 0.4) is 0 Å². The van der Waals surface area contributed by atoms with Crippen LogP contribution in [0, 0.1) is 11.6 Å². The normalized spacial score (nSPS) is 15.9. The highest BCUT2D eigenvalue weighted by molar-refractivity contribution is 7.97. The largest absolute Gasteiger partial charge is 0.342 e. The Labute approximate surface area is 176 Å². The average Bonchev–Trinajstić information content (AvgIpc) is 2.75. The van der Waals surface area contributed by atoms with E-state index in [-0.39, 0.29) is 11.5 Å². The van der Waals surface area contributed by atoms with Gasteiger partial charge in [-0.2, -0.15) is 4.98 Å². The number of hydrogen-bond acceptors (Lipinski definition) is 7. The van der Waals surface area contributed by atoms with Crippen molar-refractivity contribution in [1.82, 2.24) is 9.97 Å². The molecule has 1 aromatic heterocycles. The van der Waals surface area contributed by atoms with Crippen molar-refractivity contribution < 1.29 is 13.6 Å². The molecule has 2 aromatic carbocycles. The number of amides is 1. The third-order valence-corrected chi connectivity index (χ3v) is 5.46. The van der Waals surface area contributed by atoms with E-state index in [0.29, 0.717) is 11.5 Å². The number of likely N-dealkylation sites (N-methyl/N-ethyl adjacent to an activating group) is 2. The quantitative estimate of drug-likeness (QED) is 0.614. The number of rotatable bonds is 4. The molecule has 0 aliphatic carbocycles. The predicted molar refractivity (Wildman–Crippen MR) is 113 cm³/mol. The Morgan fingerprint density at radius 2 is 1.77 bits per heavy atom. The number of carbonyl (C=O) groups excluding carboxylic acids is 1. The van der Waals surface area contributed by atoms with E-state index in [4.69, 9.17) is 5.14 Å². The summed E-state index contributed by atoms with van der Waals surface area (Å²) in [7, 11) is 3.10. The summed E-state index contributed by atoms with van der Waals surface area (Å²) in [5.74, 6) is -1.40. The third kappa shape index (κ3) is 3.44. The van der Waals surface area contributed by atoms with Gasteiger partial charge in [-0.25, -0.2) is 13.8 Å². The number of nitrogens with two attached hydrogens (primary N) is 1. The van der Waals surface area contributed by atoms with Gasteiger partial charge in [-0.3, -0.25) is 9.93 Å². The summed E-state index contributed by atoms with van der Waals surface area (Å²) in [6.45, 7) is 0. The highest BCUT2D eigenvalue weighted by Gasteiger charge is 2.40. The Morgan fingerprint density at radius 3 is 2.40 bits per heavy atom. The molecular formula is C20H18F2N6OS. The number of aromatic nitrogens is 2. The van der Waals surface area contributed by atoms with Crippen LogP contribution < -0.4 is 20.3 Å². The van der Waals surface area contributed by atoms with Gasteiger partial charge in [-0.15, -0.1) is 0 Å². The second-order valence-corrected chi connectivity index (χ2v) is 7.42. The van der Waals surface area contributed by atoms with Gasteiger partial charge in [0.15, 0.2) is 5.82 Å². The molecule has 2 heterocycles. The number of nitrogens with zero attached hydrogens (tertiary/aromatic N) is 4. The van der Waals surface area contributed by atoms with Crippen LogP contribution in [0.2, 0.25) is 0 Å². The number of benzene rings is 2. The van der Waals surface area contributed by atoms with Gasteiger partial charge in [0.1, 0.15) is 23.4 Å². The highest BCUT2D eigenvalue weighted by Crippen LogP contribution is 2.40. The van der Waals surface area contributed by atoms with E-state index in [1.165, 1.54) is 29.1 Å². The number of halogens is 2. The summed E-state index contributed by atoms with van der Waals surface area (Å²) < 4.78 is 28.8. The minimum Gasteiger partial charge on any atom is -0.342 e. The maximum Gasteiger partial charge on any atom is 0.254 e. The maximum atomic E-state index is 14.4. The van der Waals surface area contributed by atoms with Gasteiger partial charge < -0.3 is 15.1 Å². The first-order valence-corrected chi connectivity index (χ1v) is 9.84. The van der Waals surface area contributed by atoms with E-state index in [2.05, 4.69) is 15.3 Å². The molecule has 1 atom stereocenters. The summed E-state index contributed by atoms with van der Waals surface area (Å²) in [5, 5.41) is 8.61. The summed E-state index contributed by atoms with van der Waals surface area (Å²) in [6.07, 6.45) is 1.50. The van der Waals surface area contributed by atoms with Crippen LogP contribution in [0.25, 0.3) is 0 Å². The standard InChI is InChI=1S/C20H18F2N6OS/c1-27-15-10-24-20(25-11-6-8-12(30-23)9-7-11)26-18(15)28(2)17(19(27)29)16-13(21)4-3-5-14(16)22/h3-10,17H,23H2,1-2H3,(H,24,25,26). The molecule has 30 heavy (non-hydrogen) atoms. The van der Waals surface area contributed by atoms with Crippen LogP contribution in [0.4, 0.5) is 31.9 Å². The van der Waals surface area contributed by atoms with Crippen molar-refractivity contribution in [3.05, 3.63) is 65.9 Å². The molecule has 0 fully saturated rings. The lowest BCUT2D eigenvalue weighted by Crippen LogP contribution is -2.46. The molecule has 154 valence electrons. The number of nitrogens with one attached hydrogen (secondary N) is 1. The second-order valence-electron chi connectivity index (χ2n) is 6.72. The van der Waals surface area contributed by atoms with Crippen LogP contribution in [0.1, 0.15) is 11.6 Å². The Kier molecular flexibility index (Phi) is 5.27. The SMILES string of the molecule is CN1C(=O)C(c2c(F)cccc2F)N(C)c2nc(Nc3ccc(SN)cc3)ncc21. The van der Waals surface area contributed by atoms with Crippen LogP contribution in [0.5, 0.6) is 0 Å². The second kappa shape index (κ2) is 7.88. The topological polar surface area (TPSA) is 87.4 Å². The fourth-order valence-electron chi connectivity index (χ4n) is 3.35. The van der Waals surface area contributed by atoms with Crippen LogP contribution >= 0.6 is 11.9 Å². The van der Waals surface area contributed by atoms with Crippen molar-refractivity contribution in [2.75, 3.05) is 29.2 Å². The van der Waals surface area contributed by atoms with Crippen molar-refractivity contribution in [2.45, 2.75) is 10.9 Å². The first-order valence-electron chi connectivity index (χ1n) is 8.96. The van der Waals surface area contributed by atoms with E-state index in [1.807, 2.05) is 24.3 Å². The van der Waals surface area contributed by atoms with Gasteiger partial charge in [-0.05, 0) is 48.3 Å². The Balaban J connectivity index is 1.72. The van der Waals surface area contributed by atoms with E-state index >= 15 is 0 Å². The van der Waals surface area contributed by atoms with E-state index in [9.17, 15) is 13.6 Å². The number of hydrogen-bond donors (Lipinski definition) is 2. The van der Waals surface area contributed by atoms with Gasteiger partial charge >= 0.3 is 0 Å². The fraction of sp³-hybridized carbons (Fsp3) is 0.150. The third-order valence-electron chi connectivity index (χ3n) is 4.92. The molecule has 0 saturated carbocycles. The molecule has 1 amide bonds. The molecule has 0 spiro atoms. The summed E-state index contributed by atoms with van der Waals surface area (Å²) in [6, 6.07) is 9.69. The van der Waals surface area contributed by atoms with Gasteiger partial charge in [0.05, 0.1) is 11.8 Å².